The second-order valence-electron chi connectivity index (χ2n) is 8.78. The number of hydrogen-bond donors (Lipinski definition) is 10. The quantitative estimate of drug-likeness (QED) is 0.186. The summed E-state index contributed by atoms with van der Waals surface area (Å²) >= 11 is 0. The third-order valence-electron chi connectivity index (χ3n) is 6.57. The molecule has 1 heterocycles. The van der Waals surface area contributed by atoms with E-state index >= 15 is 0 Å². The average Bonchev–Trinajstić information content (AvgIpc) is 2.73. The highest BCUT2D eigenvalue weighted by Gasteiger charge is 2.50. The van der Waals surface area contributed by atoms with Crippen molar-refractivity contribution in [1.29, 1.82) is 0 Å². The normalized spacial score (nSPS) is 54.0. The third kappa shape index (κ3) is 5.04. The molecular formula is C18H35N3O10. The monoisotopic (exact) mass is 453 g/mol. The molecule has 0 bridgehead atoms. The molecule has 31 heavy (non-hydrogen) atoms. The number of hydrogen-bond acceptors (Lipinski definition) is 13. The predicted molar refractivity (Wildman–Crippen MR) is 103 cm³/mol. The molecule has 0 aromatic heterocycles. The van der Waals surface area contributed by atoms with Crippen LogP contribution in [0.25, 0.3) is 0 Å². The summed E-state index contributed by atoms with van der Waals surface area (Å²) in [5.41, 5.74) is 18.2. The highest BCUT2D eigenvalue weighted by Crippen LogP contribution is 2.32. The lowest BCUT2D eigenvalue weighted by atomic mass is 9.79. The molecule has 0 aromatic carbocycles. The summed E-state index contributed by atoms with van der Waals surface area (Å²) in [7, 11) is 0. The zero-order valence-electron chi connectivity index (χ0n) is 17.0. The predicted octanol–water partition coefficient (Wildman–Crippen LogP) is -5.96. The van der Waals surface area contributed by atoms with E-state index in [1.54, 1.807) is 0 Å². The maximum atomic E-state index is 10.9. The van der Waals surface area contributed by atoms with Gasteiger partial charge in [-0.15, -0.1) is 0 Å². The fraction of sp³-hybridized carbons (Fsp3) is 1.00. The summed E-state index contributed by atoms with van der Waals surface area (Å²) in [5.74, 6) is -0.662. The van der Waals surface area contributed by atoms with Crippen LogP contribution in [0, 0.1) is 5.92 Å². The van der Waals surface area contributed by atoms with Gasteiger partial charge in [-0.1, -0.05) is 0 Å². The van der Waals surface area contributed by atoms with Crippen molar-refractivity contribution in [3.63, 3.8) is 0 Å². The lowest BCUT2D eigenvalue weighted by Crippen LogP contribution is -2.67. The molecule has 0 radical (unpaired) electrons. The van der Waals surface area contributed by atoms with Crippen LogP contribution in [0.15, 0.2) is 0 Å². The van der Waals surface area contributed by atoms with Crippen molar-refractivity contribution in [3.8, 4) is 0 Å². The van der Waals surface area contributed by atoms with Crippen molar-refractivity contribution in [2.24, 2.45) is 23.1 Å². The Morgan fingerprint density at radius 3 is 1.97 bits per heavy atom. The van der Waals surface area contributed by atoms with Gasteiger partial charge >= 0.3 is 0 Å². The van der Waals surface area contributed by atoms with Crippen LogP contribution in [-0.2, 0) is 14.2 Å². The minimum absolute atomic E-state index is 0.137. The minimum Gasteiger partial charge on any atom is -0.396 e. The molecule has 3 fully saturated rings. The summed E-state index contributed by atoms with van der Waals surface area (Å²) in [4.78, 5) is 0. The van der Waals surface area contributed by atoms with Gasteiger partial charge in [0.25, 0.3) is 0 Å². The van der Waals surface area contributed by atoms with E-state index in [1.807, 2.05) is 0 Å². The summed E-state index contributed by atoms with van der Waals surface area (Å²) in [5, 5.41) is 70.1. The Balaban J connectivity index is 1.70. The Morgan fingerprint density at radius 1 is 0.742 bits per heavy atom. The molecule has 13 nitrogen and oxygen atoms in total. The molecule has 6 unspecified atom stereocenters. The first kappa shape index (κ1) is 25.1. The largest absolute Gasteiger partial charge is 0.396 e. The highest BCUT2D eigenvalue weighted by atomic mass is 16.7. The van der Waals surface area contributed by atoms with Crippen LogP contribution in [-0.4, -0.2) is 128 Å². The van der Waals surface area contributed by atoms with Crippen LogP contribution in [0.1, 0.15) is 12.8 Å². The Bertz CT molecular complexity index is 589. The third-order valence-corrected chi connectivity index (χ3v) is 6.57. The molecule has 1 saturated heterocycles. The van der Waals surface area contributed by atoms with E-state index in [0.717, 1.165) is 0 Å². The van der Waals surface area contributed by atoms with Crippen molar-refractivity contribution in [2.45, 2.75) is 92.2 Å². The number of nitrogens with two attached hydrogens (primary N) is 3. The lowest BCUT2D eigenvalue weighted by molar-refractivity contribution is -0.301. The fourth-order valence-corrected chi connectivity index (χ4v) is 4.54. The first-order chi connectivity index (χ1) is 14.6. The van der Waals surface area contributed by atoms with Crippen LogP contribution in [0.2, 0.25) is 0 Å². The SMILES string of the molecule is NC1C(O)[C@H](O)[C@@H](CO)C[C@@H]1OC1C(O)[C@@H](O[C@H]2OC[C@@H](O)C(O)C2O)[C@H](N)C[C@@H]1N. The fourth-order valence-electron chi connectivity index (χ4n) is 4.54. The van der Waals surface area contributed by atoms with Crippen LogP contribution < -0.4 is 17.2 Å². The molecule has 2 aliphatic carbocycles. The van der Waals surface area contributed by atoms with Gasteiger partial charge in [-0.2, -0.15) is 0 Å². The van der Waals surface area contributed by atoms with Gasteiger partial charge in [-0.05, 0) is 12.8 Å². The molecule has 14 atom stereocenters. The summed E-state index contributed by atoms with van der Waals surface area (Å²) in [6, 6.07) is -2.44. The second-order valence-corrected chi connectivity index (χ2v) is 8.78. The molecule has 3 rings (SSSR count). The van der Waals surface area contributed by atoms with Gasteiger partial charge in [-0.25, -0.2) is 0 Å². The van der Waals surface area contributed by atoms with Gasteiger partial charge in [0.15, 0.2) is 6.29 Å². The molecule has 0 aromatic rings. The smallest absolute Gasteiger partial charge is 0.186 e. The van der Waals surface area contributed by atoms with Crippen LogP contribution >= 0.6 is 0 Å². The van der Waals surface area contributed by atoms with Gasteiger partial charge in [0, 0.05) is 24.6 Å². The topological polar surface area (TPSA) is 247 Å². The maximum absolute atomic E-state index is 10.9. The van der Waals surface area contributed by atoms with Gasteiger partial charge in [0.05, 0.1) is 31.0 Å². The first-order valence-corrected chi connectivity index (χ1v) is 10.4. The highest BCUT2D eigenvalue weighted by molar-refractivity contribution is 5.02. The Kier molecular flexibility index (Phi) is 8.24. The molecule has 13 N–H and O–H groups in total. The van der Waals surface area contributed by atoms with E-state index in [-0.39, 0.29) is 26.1 Å². The van der Waals surface area contributed by atoms with Gasteiger partial charge in [0.2, 0.25) is 0 Å². The summed E-state index contributed by atoms with van der Waals surface area (Å²) in [6.07, 6.45) is -12.2. The molecule has 3 aliphatic rings. The maximum Gasteiger partial charge on any atom is 0.186 e. The summed E-state index contributed by atoms with van der Waals surface area (Å²) in [6.45, 7) is -0.661. The molecule has 2 saturated carbocycles. The Hall–Kier alpha value is -0.520. The molecule has 1 aliphatic heterocycles. The van der Waals surface area contributed by atoms with Crippen LogP contribution in [0.4, 0.5) is 0 Å². The molecule has 0 amide bonds. The molecular weight excluding hydrogens is 418 g/mol. The van der Waals surface area contributed by atoms with Crippen molar-refractivity contribution in [3.05, 3.63) is 0 Å². The Labute approximate surface area is 179 Å². The van der Waals surface area contributed by atoms with E-state index in [4.69, 9.17) is 31.4 Å². The summed E-state index contributed by atoms with van der Waals surface area (Å²) < 4.78 is 16.8. The number of ether oxygens (including phenoxy) is 3. The van der Waals surface area contributed by atoms with Crippen molar-refractivity contribution < 1.29 is 50.0 Å². The van der Waals surface area contributed by atoms with E-state index in [2.05, 4.69) is 0 Å². The zero-order chi connectivity index (χ0) is 23.0. The van der Waals surface area contributed by atoms with Gasteiger partial charge in [0.1, 0.15) is 36.6 Å². The molecule has 182 valence electrons. The standard InChI is InChI=1S/C18H35N3O10/c19-6-2-7(20)17(31-18-14(27)12(25)8(23)4-29-18)15(28)16(6)30-9-1-5(3-22)11(24)13(26)10(9)21/h5-18,22-28H,1-4,19-21H2/t5-,6+,7-,8-,9+,10?,11-,12?,13?,14?,15?,16?,17+,18-/m1/s1. The number of aliphatic hydroxyl groups excluding tert-OH is 7. The minimum atomic E-state index is -1.56. The second kappa shape index (κ2) is 10.2. The lowest BCUT2D eigenvalue weighted by Gasteiger charge is -2.47. The average molecular weight is 453 g/mol. The molecule has 0 spiro atoms. The van der Waals surface area contributed by atoms with Crippen LogP contribution in [0.5, 0.6) is 0 Å². The van der Waals surface area contributed by atoms with Gasteiger partial charge < -0.3 is 67.2 Å². The van der Waals surface area contributed by atoms with E-state index in [0.29, 0.717) is 0 Å². The number of rotatable bonds is 5. The van der Waals surface area contributed by atoms with E-state index in [9.17, 15) is 35.7 Å². The molecule has 13 heteroatoms. The van der Waals surface area contributed by atoms with E-state index < -0.39 is 85.3 Å². The zero-order valence-corrected chi connectivity index (χ0v) is 17.0. The van der Waals surface area contributed by atoms with Crippen molar-refractivity contribution in [1.82, 2.24) is 0 Å². The van der Waals surface area contributed by atoms with Crippen LogP contribution in [0.3, 0.4) is 0 Å². The van der Waals surface area contributed by atoms with Gasteiger partial charge in [-0.3, -0.25) is 0 Å². The van der Waals surface area contributed by atoms with E-state index in [1.165, 1.54) is 0 Å². The number of aliphatic hydroxyl groups is 7. The van der Waals surface area contributed by atoms with Crippen molar-refractivity contribution >= 4 is 0 Å². The first-order valence-electron chi connectivity index (χ1n) is 10.4. The Morgan fingerprint density at radius 2 is 1.35 bits per heavy atom. The van der Waals surface area contributed by atoms with Crippen molar-refractivity contribution in [2.75, 3.05) is 13.2 Å².